The van der Waals surface area contributed by atoms with Crippen molar-refractivity contribution in [2.75, 3.05) is 6.54 Å². The minimum absolute atomic E-state index is 0.0382. The first-order chi connectivity index (χ1) is 10.9. The van der Waals surface area contributed by atoms with Crippen LogP contribution in [0.5, 0.6) is 5.75 Å². The lowest BCUT2D eigenvalue weighted by atomic mass is 10.2. The van der Waals surface area contributed by atoms with Gasteiger partial charge >= 0.3 is 6.61 Å². The number of nitrogens with two attached hydrogens (primary N) is 1. The summed E-state index contributed by atoms with van der Waals surface area (Å²) in [7, 11) is 0. The zero-order valence-electron chi connectivity index (χ0n) is 12.7. The number of benzene rings is 1. The Labute approximate surface area is 131 Å². The third-order valence-electron chi connectivity index (χ3n) is 3.15. The molecule has 1 atom stereocenters. The number of hydrogen-bond acceptors (Lipinski definition) is 5. The van der Waals surface area contributed by atoms with E-state index in [1.54, 1.807) is 26.0 Å². The summed E-state index contributed by atoms with van der Waals surface area (Å²) in [6, 6.07) is 5.68. The Morgan fingerprint density at radius 2 is 2.04 bits per heavy atom. The summed E-state index contributed by atoms with van der Waals surface area (Å²) < 4.78 is 30.0. The van der Waals surface area contributed by atoms with Gasteiger partial charge in [-0.25, -0.2) is 4.68 Å². The number of carbonyl (C=O) groups is 1. The largest absolute Gasteiger partial charge is 0.435 e. The van der Waals surface area contributed by atoms with Gasteiger partial charge in [0.05, 0.1) is 11.4 Å². The average Bonchev–Trinajstić information content (AvgIpc) is 2.89. The molecule has 2 rings (SSSR count). The summed E-state index contributed by atoms with van der Waals surface area (Å²) >= 11 is 0. The number of ether oxygens (including phenoxy) is 1. The average molecular weight is 325 g/mol. The van der Waals surface area contributed by atoms with Crippen molar-refractivity contribution in [2.24, 2.45) is 5.73 Å². The van der Waals surface area contributed by atoms with Crippen molar-refractivity contribution in [3.05, 3.63) is 35.7 Å². The quantitative estimate of drug-likeness (QED) is 0.833. The molecule has 0 unspecified atom stereocenters. The monoisotopic (exact) mass is 325 g/mol. The van der Waals surface area contributed by atoms with Crippen molar-refractivity contribution < 1.29 is 18.3 Å². The van der Waals surface area contributed by atoms with Crippen LogP contribution in [0.4, 0.5) is 8.78 Å². The van der Waals surface area contributed by atoms with Crippen LogP contribution < -0.4 is 15.8 Å². The highest BCUT2D eigenvalue weighted by Gasteiger charge is 2.18. The van der Waals surface area contributed by atoms with Crippen LogP contribution in [0.15, 0.2) is 24.3 Å². The van der Waals surface area contributed by atoms with Gasteiger partial charge in [0.1, 0.15) is 5.75 Å². The molecule has 9 heteroatoms. The van der Waals surface area contributed by atoms with Gasteiger partial charge in [0.2, 0.25) is 0 Å². The highest BCUT2D eigenvalue weighted by molar-refractivity contribution is 5.93. The van der Waals surface area contributed by atoms with Gasteiger partial charge in [-0.05, 0) is 38.1 Å². The van der Waals surface area contributed by atoms with Gasteiger partial charge in [-0.3, -0.25) is 4.79 Å². The predicted octanol–water partition coefficient (Wildman–Crippen LogP) is 1.25. The second kappa shape index (κ2) is 7.14. The van der Waals surface area contributed by atoms with E-state index in [1.807, 2.05) is 0 Å². The molecule has 0 aliphatic carbocycles. The molecule has 124 valence electrons. The number of nitrogens with one attached hydrogen (secondary N) is 1. The van der Waals surface area contributed by atoms with E-state index in [2.05, 4.69) is 20.4 Å². The molecule has 0 bridgehead atoms. The van der Waals surface area contributed by atoms with Crippen LogP contribution in [-0.4, -0.2) is 40.1 Å². The highest BCUT2D eigenvalue weighted by Crippen LogP contribution is 2.18. The van der Waals surface area contributed by atoms with Crippen LogP contribution in [0.3, 0.4) is 0 Å². The van der Waals surface area contributed by atoms with Crippen LogP contribution in [0.25, 0.3) is 5.69 Å². The van der Waals surface area contributed by atoms with E-state index in [0.29, 0.717) is 17.9 Å². The number of alkyl halides is 2. The molecular weight excluding hydrogens is 308 g/mol. The Morgan fingerprint density at radius 1 is 1.39 bits per heavy atom. The maximum atomic E-state index is 12.1. The lowest BCUT2D eigenvalue weighted by Crippen LogP contribution is -2.38. The van der Waals surface area contributed by atoms with Crippen LogP contribution in [0.1, 0.15) is 23.1 Å². The molecule has 0 aliphatic rings. The van der Waals surface area contributed by atoms with Gasteiger partial charge < -0.3 is 15.8 Å². The molecule has 1 aromatic heterocycles. The molecule has 0 fully saturated rings. The molecule has 1 amide bonds. The molecule has 0 radical (unpaired) electrons. The van der Waals surface area contributed by atoms with E-state index in [0.717, 1.165) is 0 Å². The number of halogens is 2. The van der Waals surface area contributed by atoms with E-state index < -0.39 is 6.61 Å². The second-order valence-electron chi connectivity index (χ2n) is 4.92. The van der Waals surface area contributed by atoms with Crippen molar-refractivity contribution in [3.8, 4) is 11.4 Å². The number of rotatable bonds is 6. The molecule has 2 aromatic rings. The van der Waals surface area contributed by atoms with Gasteiger partial charge in [0.25, 0.3) is 5.91 Å². The Balaban J connectivity index is 2.20. The summed E-state index contributed by atoms with van der Waals surface area (Å²) in [5.41, 5.74) is 6.73. The molecule has 0 saturated heterocycles. The number of aromatic nitrogens is 3. The third kappa shape index (κ3) is 4.01. The molecule has 0 spiro atoms. The van der Waals surface area contributed by atoms with E-state index in [-0.39, 0.29) is 23.4 Å². The van der Waals surface area contributed by atoms with Crippen LogP contribution in [0, 0.1) is 6.92 Å². The standard InChI is InChI=1S/C14H17F2N5O2/c1-8(7-17)18-13(22)12-9(2)21(20-19-12)10-3-5-11(6-4-10)23-14(15)16/h3-6,8,14H,7,17H2,1-2H3,(H,18,22)/t8-/m0/s1. The van der Waals surface area contributed by atoms with Gasteiger partial charge in [0.15, 0.2) is 5.69 Å². The molecule has 0 saturated carbocycles. The minimum atomic E-state index is -2.88. The lowest BCUT2D eigenvalue weighted by molar-refractivity contribution is -0.0498. The van der Waals surface area contributed by atoms with Gasteiger partial charge in [-0.2, -0.15) is 8.78 Å². The maximum Gasteiger partial charge on any atom is 0.387 e. The van der Waals surface area contributed by atoms with Crippen molar-refractivity contribution in [2.45, 2.75) is 26.5 Å². The van der Waals surface area contributed by atoms with Crippen molar-refractivity contribution >= 4 is 5.91 Å². The Bertz CT molecular complexity index is 672. The summed E-state index contributed by atoms with van der Waals surface area (Å²) in [6.07, 6.45) is 0. The first-order valence-corrected chi connectivity index (χ1v) is 6.91. The van der Waals surface area contributed by atoms with Crippen molar-refractivity contribution in [1.82, 2.24) is 20.3 Å². The molecular formula is C14H17F2N5O2. The summed E-state index contributed by atoms with van der Waals surface area (Å²) in [5, 5.41) is 10.5. The Hall–Kier alpha value is -2.55. The molecule has 23 heavy (non-hydrogen) atoms. The maximum absolute atomic E-state index is 12.1. The Kier molecular flexibility index (Phi) is 5.22. The van der Waals surface area contributed by atoms with Crippen LogP contribution in [-0.2, 0) is 0 Å². The third-order valence-corrected chi connectivity index (χ3v) is 3.15. The van der Waals surface area contributed by atoms with E-state index >= 15 is 0 Å². The van der Waals surface area contributed by atoms with Gasteiger partial charge in [0, 0.05) is 12.6 Å². The van der Waals surface area contributed by atoms with E-state index in [4.69, 9.17) is 5.73 Å². The van der Waals surface area contributed by atoms with Gasteiger partial charge in [-0.1, -0.05) is 5.21 Å². The topological polar surface area (TPSA) is 95.1 Å². The smallest absolute Gasteiger partial charge is 0.387 e. The molecule has 1 heterocycles. The first kappa shape index (κ1) is 16.8. The normalized spacial score (nSPS) is 12.3. The molecule has 1 aromatic carbocycles. The fourth-order valence-corrected chi connectivity index (χ4v) is 1.90. The van der Waals surface area contributed by atoms with Crippen molar-refractivity contribution in [3.63, 3.8) is 0 Å². The predicted molar refractivity (Wildman–Crippen MR) is 78.7 cm³/mol. The van der Waals surface area contributed by atoms with Crippen molar-refractivity contribution in [1.29, 1.82) is 0 Å². The fraction of sp³-hybridized carbons (Fsp3) is 0.357. The lowest BCUT2D eigenvalue weighted by Gasteiger charge is -2.10. The minimum Gasteiger partial charge on any atom is -0.435 e. The highest BCUT2D eigenvalue weighted by atomic mass is 19.3. The zero-order valence-corrected chi connectivity index (χ0v) is 12.7. The van der Waals surface area contributed by atoms with Crippen LogP contribution in [0.2, 0.25) is 0 Å². The van der Waals surface area contributed by atoms with Crippen LogP contribution >= 0.6 is 0 Å². The summed E-state index contributed by atoms with van der Waals surface area (Å²) in [5.74, 6) is -0.333. The number of amides is 1. The molecule has 7 nitrogen and oxygen atoms in total. The molecule has 3 N–H and O–H groups in total. The number of hydrogen-bond donors (Lipinski definition) is 2. The first-order valence-electron chi connectivity index (χ1n) is 6.91. The SMILES string of the molecule is Cc1c(C(=O)N[C@@H](C)CN)nnn1-c1ccc(OC(F)F)cc1. The summed E-state index contributed by atoms with van der Waals surface area (Å²) in [6.45, 7) is 0.893. The Morgan fingerprint density at radius 3 is 2.61 bits per heavy atom. The fourth-order valence-electron chi connectivity index (χ4n) is 1.90. The number of nitrogens with zero attached hydrogens (tertiary/aromatic N) is 3. The molecule has 0 aliphatic heterocycles. The second-order valence-corrected chi connectivity index (χ2v) is 4.92. The summed E-state index contributed by atoms with van der Waals surface area (Å²) in [4.78, 5) is 12.1. The van der Waals surface area contributed by atoms with E-state index in [9.17, 15) is 13.6 Å². The zero-order chi connectivity index (χ0) is 17.0. The van der Waals surface area contributed by atoms with Gasteiger partial charge in [-0.15, -0.1) is 5.10 Å². The van der Waals surface area contributed by atoms with E-state index in [1.165, 1.54) is 16.8 Å². The number of carbonyl (C=O) groups excluding carboxylic acids is 1.